The Bertz CT molecular complexity index is 582. The van der Waals surface area contributed by atoms with E-state index in [1.807, 2.05) is 0 Å². The van der Waals surface area contributed by atoms with Gasteiger partial charge in [-0.05, 0) is 45.1 Å². The molecule has 1 atom stereocenters. The molecule has 0 radical (unpaired) electrons. The van der Waals surface area contributed by atoms with Crippen LogP contribution in [-0.4, -0.2) is 58.8 Å². The van der Waals surface area contributed by atoms with E-state index in [9.17, 15) is 5.11 Å². The minimum absolute atomic E-state index is 0.127. The summed E-state index contributed by atoms with van der Waals surface area (Å²) in [7, 11) is 4.20. The Morgan fingerprint density at radius 2 is 2.25 bits per heavy atom. The molecule has 2 aromatic rings. The van der Waals surface area contributed by atoms with Crippen molar-refractivity contribution in [2.45, 2.75) is 12.5 Å². The minimum atomic E-state index is 0.127. The fraction of sp³-hybridized carbons (Fsp3) is 0.538. The number of nitrogens with zero attached hydrogens (tertiary/aromatic N) is 4. The summed E-state index contributed by atoms with van der Waals surface area (Å²) in [6, 6.07) is 1.76. The molecule has 1 N–H and O–H groups in total. The topological polar surface area (TPSA) is 65.6 Å². The zero-order chi connectivity index (χ0) is 14.1. The molecule has 2 aromatic heterocycles. The van der Waals surface area contributed by atoms with Gasteiger partial charge in [-0.3, -0.25) is 4.90 Å². The van der Waals surface area contributed by atoms with Gasteiger partial charge in [0.25, 0.3) is 5.89 Å². The first-order valence-corrected chi connectivity index (χ1v) is 7.52. The van der Waals surface area contributed by atoms with Crippen molar-refractivity contribution in [3.05, 3.63) is 17.3 Å². The maximum Gasteiger partial charge on any atom is 0.271 e. The molecule has 7 heteroatoms. The molecule has 3 rings (SSSR count). The third-order valence-electron chi connectivity index (χ3n) is 3.65. The van der Waals surface area contributed by atoms with E-state index >= 15 is 0 Å². The van der Waals surface area contributed by atoms with Crippen molar-refractivity contribution in [1.82, 2.24) is 19.9 Å². The van der Waals surface area contributed by atoms with Crippen LogP contribution in [0.3, 0.4) is 0 Å². The van der Waals surface area contributed by atoms with Gasteiger partial charge in [-0.25, -0.2) is 0 Å². The molecule has 0 amide bonds. The lowest BCUT2D eigenvalue weighted by atomic mass is 10.2. The molecular formula is C13H18N4O2S. The van der Waals surface area contributed by atoms with Crippen LogP contribution in [0, 0.1) is 0 Å². The summed E-state index contributed by atoms with van der Waals surface area (Å²) >= 11 is 1.40. The molecule has 0 saturated carbocycles. The summed E-state index contributed by atoms with van der Waals surface area (Å²) < 4.78 is 5.31. The number of hydrogen-bond donors (Lipinski definition) is 1. The van der Waals surface area contributed by atoms with Crippen LogP contribution in [0.4, 0.5) is 0 Å². The Hall–Kier alpha value is -1.44. The molecule has 1 aliphatic heterocycles. The quantitative estimate of drug-likeness (QED) is 0.911. The smallest absolute Gasteiger partial charge is 0.271 e. The Morgan fingerprint density at radius 1 is 1.40 bits per heavy atom. The van der Waals surface area contributed by atoms with Gasteiger partial charge in [-0.15, -0.1) is 11.3 Å². The van der Waals surface area contributed by atoms with Crippen molar-refractivity contribution in [3.8, 4) is 16.5 Å². The number of thiophene rings is 1. The Kier molecular flexibility index (Phi) is 3.73. The number of aromatic nitrogens is 2. The fourth-order valence-corrected chi connectivity index (χ4v) is 3.18. The molecule has 1 fully saturated rings. The van der Waals surface area contributed by atoms with Crippen LogP contribution in [0.5, 0.6) is 5.75 Å². The highest BCUT2D eigenvalue weighted by atomic mass is 32.1. The predicted molar refractivity (Wildman–Crippen MR) is 76.8 cm³/mol. The van der Waals surface area contributed by atoms with Gasteiger partial charge in [-0.2, -0.15) is 4.98 Å². The lowest BCUT2D eigenvalue weighted by Gasteiger charge is -2.24. The third-order valence-corrected chi connectivity index (χ3v) is 4.54. The largest absolute Gasteiger partial charge is 0.506 e. The summed E-state index contributed by atoms with van der Waals surface area (Å²) in [5.41, 5.74) is 0. The molecule has 0 aliphatic carbocycles. The van der Waals surface area contributed by atoms with Crippen LogP contribution >= 0.6 is 11.3 Å². The van der Waals surface area contributed by atoms with Crippen LogP contribution in [-0.2, 0) is 0 Å². The van der Waals surface area contributed by atoms with Gasteiger partial charge in [0.2, 0.25) is 0 Å². The normalized spacial score (nSPS) is 22.0. The van der Waals surface area contributed by atoms with Gasteiger partial charge in [0.15, 0.2) is 5.82 Å². The van der Waals surface area contributed by atoms with Gasteiger partial charge in [-0.1, -0.05) is 5.16 Å². The first-order valence-electron chi connectivity index (χ1n) is 6.64. The van der Waals surface area contributed by atoms with Crippen molar-refractivity contribution < 1.29 is 9.63 Å². The monoisotopic (exact) mass is 294 g/mol. The molecule has 3 heterocycles. The Balaban J connectivity index is 1.87. The molecule has 0 bridgehead atoms. The average Bonchev–Trinajstić information content (AvgIpc) is 3.00. The van der Waals surface area contributed by atoms with Crippen molar-refractivity contribution in [1.29, 1.82) is 0 Å². The highest BCUT2D eigenvalue weighted by molar-refractivity contribution is 7.13. The highest BCUT2D eigenvalue weighted by Gasteiger charge is 2.27. The van der Waals surface area contributed by atoms with Crippen molar-refractivity contribution in [2.24, 2.45) is 0 Å². The van der Waals surface area contributed by atoms with Crippen LogP contribution in [0.15, 0.2) is 16.0 Å². The highest BCUT2D eigenvalue weighted by Crippen LogP contribution is 2.34. The van der Waals surface area contributed by atoms with Gasteiger partial charge < -0.3 is 14.5 Å². The molecule has 20 heavy (non-hydrogen) atoms. The number of rotatable bonds is 2. The minimum Gasteiger partial charge on any atom is -0.506 e. The maximum atomic E-state index is 9.73. The second kappa shape index (κ2) is 5.51. The Morgan fingerprint density at radius 3 is 3.00 bits per heavy atom. The van der Waals surface area contributed by atoms with Gasteiger partial charge in [0.1, 0.15) is 10.6 Å². The van der Waals surface area contributed by atoms with Crippen molar-refractivity contribution in [3.63, 3.8) is 0 Å². The van der Waals surface area contributed by atoms with E-state index in [1.54, 1.807) is 11.4 Å². The lowest BCUT2D eigenvalue weighted by Crippen LogP contribution is -2.31. The predicted octanol–water partition coefficient (Wildman–Crippen LogP) is 1.81. The van der Waals surface area contributed by atoms with Crippen LogP contribution in [0.2, 0.25) is 0 Å². The molecule has 0 aromatic carbocycles. The maximum absolute atomic E-state index is 9.73. The number of aromatic hydroxyl groups is 1. The molecule has 6 nitrogen and oxygen atoms in total. The third kappa shape index (κ3) is 2.56. The van der Waals surface area contributed by atoms with Crippen molar-refractivity contribution in [2.75, 3.05) is 33.7 Å². The second-order valence-electron chi connectivity index (χ2n) is 5.20. The number of hydrogen-bond acceptors (Lipinski definition) is 7. The van der Waals surface area contributed by atoms with Gasteiger partial charge >= 0.3 is 0 Å². The van der Waals surface area contributed by atoms with Crippen molar-refractivity contribution >= 4 is 11.3 Å². The summed E-state index contributed by atoms with van der Waals surface area (Å²) in [5, 5.41) is 15.6. The molecule has 1 unspecified atom stereocenters. The van der Waals surface area contributed by atoms with Gasteiger partial charge in [0, 0.05) is 6.54 Å². The first-order chi connectivity index (χ1) is 9.65. The van der Waals surface area contributed by atoms with Crippen LogP contribution in [0.25, 0.3) is 10.8 Å². The molecule has 1 aliphatic rings. The summed E-state index contributed by atoms with van der Waals surface area (Å²) in [6.45, 7) is 2.98. The SMILES string of the molecule is CN1CCCN(C)C(c2noc(-c3sccc3O)n2)C1. The van der Waals surface area contributed by atoms with Crippen LogP contribution < -0.4 is 0 Å². The van der Waals surface area contributed by atoms with E-state index < -0.39 is 0 Å². The number of likely N-dealkylation sites (N-methyl/N-ethyl adjacent to an activating group) is 2. The zero-order valence-electron chi connectivity index (χ0n) is 11.6. The molecular weight excluding hydrogens is 276 g/mol. The summed E-state index contributed by atoms with van der Waals surface area (Å²) in [4.78, 5) is 9.64. The fourth-order valence-electron chi connectivity index (χ4n) is 2.48. The first kappa shape index (κ1) is 13.5. The van der Waals surface area contributed by atoms with E-state index in [-0.39, 0.29) is 11.8 Å². The Labute approximate surface area is 121 Å². The summed E-state index contributed by atoms with van der Waals surface area (Å²) in [5.74, 6) is 1.27. The van der Waals surface area contributed by atoms with E-state index in [0.29, 0.717) is 16.6 Å². The molecule has 108 valence electrons. The summed E-state index contributed by atoms with van der Waals surface area (Å²) in [6.07, 6.45) is 1.14. The average molecular weight is 294 g/mol. The molecule has 1 saturated heterocycles. The van der Waals surface area contributed by atoms with E-state index in [4.69, 9.17) is 4.52 Å². The standard InChI is InChI=1S/C13H18N4O2S/c1-16-5-3-6-17(2)9(8-16)12-14-13(19-15-12)11-10(18)4-7-20-11/h4,7,9,18H,3,5-6,8H2,1-2H3. The van der Waals surface area contributed by atoms with Gasteiger partial charge in [0.05, 0.1) is 6.04 Å². The zero-order valence-corrected chi connectivity index (χ0v) is 12.4. The van der Waals surface area contributed by atoms with E-state index in [1.165, 1.54) is 11.3 Å². The molecule has 0 spiro atoms. The van der Waals surface area contributed by atoms with Crippen LogP contribution in [0.1, 0.15) is 18.3 Å². The van der Waals surface area contributed by atoms with E-state index in [0.717, 1.165) is 26.1 Å². The lowest BCUT2D eigenvalue weighted by molar-refractivity contribution is 0.215. The van der Waals surface area contributed by atoms with E-state index in [2.05, 4.69) is 34.0 Å². The second-order valence-corrected chi connectivity index (χ2v) is 6.12.